The number of carbonyl (C=O) groups excluding carboxylic acids is 2. The van der Waals surface area contributed by atoms with Gasteiger partial charge in [-0.05, 0) is 206 Å². The highest BCUT2D eigenvalue weighted by atomic mass is 28.3. The van der Waals surface area contributed by atoms with Crippen molar-refractivity contribution in [1.82, 2.24) is 33.6 Å². The van der Waals surface area contributed by atoms with Gasteiger partial charge in [0.15, 0.2) is 29.8 Å². The van der Waals surface area contributed by atoms with E-state index in [4.69, 9.17) is 42.6 Å². The average Bonchev–Trinajstić information content (AvgIpc) is 1.63. The van der Waals surface area contributed by atoms with Gasteiger partial charge in [0.25, 0.3) is 0 Å². The van der Waals surface area contributed by atoms with Crippen molar-refractivity contribution in [2.24, 2.45) is 0 Å². The Morgan fingerprint density at radius 2 is 0.805 bits per heavy atom. The van der Waals surface area contributed by atoms with Crippen LogP contribution in [0.4, 0.5) is 29.0 Å². The predicted octanol–water partition coefficient (Wildman–Crippen LogP) is 21.2. The maximum atomic E-state index is 13.8. The lowest BCUT2D eigenvalue weighted by Crippen LogP contribution is -2.32. The van der Waals surface area contributed by atoms with E-state index in [-0.39, 0.29) is 5.75 Å². The first-order chi connectivity index (χ1) is 57.8. The van der Waals surface area contributed by atoms with E-state index in [0.717, 1.165) is 171 Å². The van der Waals surface area contributed by atoms with Gasteiger partial charge in [-0.15, -0.1) is 0 Å². The molecule has 14 rings (SSSR count). The molecule has 8 heterocycles. The van der Waals surface area contributed by atoms with Crippen molar-refractivity contribution in [3.05, 3.63) is 165 Å². The monoisotopic (exact) mass is 1710 g/mol. The van der Waals surface area contributed by atoms with Gasteiger partial charge in [0.05, 0.1) is 117 Å². The summed E-state index contributed by atoms with van der Waals surface area (Å²) in [6.45, 7) is 55.6. The molecule has 3 N–H and O–H groups in total. The van der Waals surface area contributed by atoms with Crippen LogP contribution in [0, 0.1) is 62.3 Å². The summed E-state index contributed by atoms with van der Waals surface area (Å²) in [7, 11) is 3.39. The second-order valence-electron chi connectivity index (χ2n) is 38.0. The lowest BCUT2D eigenvalue weighted by atomic mass is 9.86. The summed E-state index contributed by atoms with van der Waals surface area (Å²) in [4.78, 5) is 62.6. The van der Waals surface area contributed by atoms with E-state index in [9.17, 15) is 24.6 Å². The Kier molecular flexibility index (Phi) is 26.6. The largest absolute Gasteiger partial charge is 0.507 e. The number of methoxy groups -OCH3 is 4. The maximum absolute atomic E-state index is 13.8. The van der Waals surface area contributed by atoms with Crippen molar-refractivity contribution in [3.63, 3.8) is 0 Å². The number of carboxylic acids is 1. The van der Waals surface area contributed by atoms with Crippen molar-refractivity contribution >= 4 is 95.7 Å². The molecule has 656 valence electrons. The molecule has 0 fully saturated rings. The Hall–Kier alpha value is -10.8. The van der Waals surface area contributed by atoms with Crippen LogP contribution >= 0.6 is 0 Å². The van der Waals surface area contributed by atoms with Crippen molar-refractivity contribution < 1.29 is 67.2 Å². The van der Waals surface area contributed by atoms with E-state index >= 15 is 0 Å². The topological polar surface area (TPSA) is 260 Å². The normalized spacial score (nSPS) is 14.1. The Labute approximate surface area is 726 Å². The molecule has 0 aliphatic carbocycles. The van der Waals surface area contributed by atoms with Crippen LogP contribution in [0.2, 0.25) is 51.4 Å². The summed E-state index contributed by atoms with van der Waals surface area (Å²) in [6.07, 6.45) is 3.43. The number of phenols is 1. The molecular weight excluding hydrogens is 1590 g/mol. The van der Waals surface area contributed by atoms with Gasteiger partial charge in [-0.3, -0.25) is 0 Å². The molecular formula is C97H126N10O14Si2. The number of aryl methyl sites for hydroxylation is 6. The second-order valence-corrected chi connectivity index (χ2v) is 49.3. The number of aromatic hydroxyl groups is 1. The zero-order valence-corrected chi connectivity index (χ0v) is 79.4. The fourth-order valence-electron chi connectivity index (χ4n) is 17.0. The van der Waals surface area contributed by atoms with Crippen LogP contribution in [0.1, 0.15) is 148 Å². The highest BCUT2D eigenvalue weighted by Gasteiger charge is 2.42. The Balaban J connectivity index is 0.000000169. The van der Waals surface area contributed by atoms with Gasteiger partial charge in [-0.25, -0.2) is 34.3 Å². The van der Waals surface area contributed by atoms with E-state index < -0.39 is 69.2 Å². The minimum Gasteiger partial charge on any atom is -0.507 e. The number of carboxylic acid groups (broad SMARTS) is 1. The first kappa shape index (κ1) is 91.4. The number of aromatic nitrogens is 7. The van der Waals surface area contributed by atoms with E-state index in [0.29, 0.717) is 72.9 Å². The van der Waals surface area contributed by atoms with Gasteiger partial charge in [0, 0.05) is 139 Å². The quantitative estimate of drug-likeness (QED) is 0.0375. The molecule has 0 saturated carbocycles. The summed E-state index contributed by atoms with van der Waals surface area (Å²) in [6, 6.07) is 26.8. The number of nitrogens with one attached hydrogen (secondary N) is 1. The van der Waals surface area contributed by atoms with E-state index in [1.165, 1.54) is 19.9 Å². The SMILES string of the molecule is COC(=O)[C@@H](OC(C)(C)C)c1c(C)c2c3c(cc(C)n3CCN2)c1-c1ccc(C)cc1OCC[Si](C)(C)C.COC(=O)[C@@H](OC(C)(C)C)c1c(C)c2c3c(cc(C)n3CCN2c2ncc(OC)cn2)c1-c1ccc(C)cc1OCC[Si](C)(C)C.COc1cnc(N2CCn3c(C)cc4c(-c5ccc(C)cc5O)c([C@H](OC(C)(C)C)C(=O)O)c(C)c2c43)nc1. The first-order valence-electron chi connectivity index (χ1n) is 42.5. The molecule has 6 aromatic carbocycles. The van der Waals surface area contributed by atoms with Gasteiger partial charge < -0.3 is 81.7 Å². The second kappa shape index (κ2) is 35.8. The third kappa shape index (κ3) is 19.4. The van der Waals surface area contributed by atoms with E-state index in [1.807, 2.05) is 100 Å². The molecule has 26 heteroatoms. The highest BCUT2D eigenvalue weighted by Crippen LogP contribution is 2.55. The molecule has 24 nitrogen and oxygen atoms in total. The number of anilines is 5. The Morgan fingerprint density at radius 3 is 1.17 bits per heavy atom. The van der Waals surface area contributed by atoms with Crippen LogP contribution in [0.3, 0.4) is 0 Å². The number of hydrogen-bond acceptors (Lipinski definition) is 20. The lowest BCUT2D eigenvalue weighted by molar-refractivity contribution is -0.164. The Bertz CT molecular complexity index is 5820. The van der Waals surface area contributed by atoms with Crippen LogP contribution in [-0.4, -0.2) is 156 Å². The van der Waals surface area contributed by atoms with Crippen LogP contribution in [0.5, 0.6) is 28.7 Å². The number of phenolic OH excluding ortho intramolecular Hbond substituents is 1. The predicted molar refractivity (Wildman–Crippen MR) is 496 cm³/mol. The van der Waals surface area contributed by atoms with E-state index in [1.54, 1.807) is 45.1 Å². The van der Waals surface area contributed by atoms with Gasteiger partial charge in [0.1, 0.15) is 17.2 Å². The number of hydrogen-bond donors (Lipinski definition) is 3. The average molecular weight is 1710 g/mol. The number of carbonyl (C=O) groups is 3. The van der Waals surface area contributed by atoms with Crippen LogP contribution in [0.25, 0.3) is 66.1 Å². The van der Waals surface area contributed by atoms with Crippen LogP contribution < -0.4 is 34.1 Å². The molecule has 0 radical (unpaired) electrons. The van der Waals surface area contributed by atoms with Crippen molar-refractivity contribution in [2.75, 3.05) is 76.4 Å². The molecule has 5 aromatic heterocycles. The third-order valence-corrected chi connectivity index (χ3v) is 26.1. The number of esters is 2. The van der Waals surface area contributed by atoms with Gasteiger partial charge in [-0.2, -0.15) is 0 Å². The molecule has 0 unspecified atom stereocenters. The number of aliphatic carboxylic acids is 1. The third-order valence-electron chi connectivity index (χ3n) is 22.7. The van der Waals surface area contributed by atoms with Crippen LogP contribution in [0.15, 0.2) is 97.6 Å². The number of nitrogens with zero attached hydrogens (tertiary/aromatic N) is 9. The number of ether oxygens (including phenoxy) is 9. The van der Waals surface area contributed by atoms with E-state index in [2.05, 4.69) is 179 Å². The minimum absolute atomic E-state index is 0.0856. The lowest BCUT2D eigenvalue weighted by Gasteiger charge is -2.35. The summed E-state index contributed by atoms with van der Waals surface area (Å²) in [5.74, 6) is 1.94. The fraction of sp³-hybridized carbons (Fsp3) is 0.454. The zero-order chi connectivity index (χ0) is 89.8. The molecule has 0 bridgehead atoms. The summed E-state index contributed by atoms with van der Waals surface area (Å²) >= 11 is 0. The molecule has 0 spiro atoms. The molecule has 3 aliphatic heterocycles. The minimum atomic E-state index is -1.34. The first-order valence-corrected chi connectivity index (χ1v) is 49.9. The van der Waals surface area contributed by atoms with Gasteiger partial charge in [0.2, 0.25) is 11.9 Å². The van der Waals surface area contributed by atoms with Crippen LogP contribution in [-0.2, 0) is 57.7 Å². The maximum Gasteiger partial charge on any atom is 0.339 e. The summed E-state index contributed by atoms with van der Waals surface area (Å²) < 4.78 is 60.7. The molecule has 0 amide bonds. The number of benzene rings is 6. The molecule has 3 atom stereocenters. The molecule has 3 aliphatic rings. The van der Waals surface area contributed by atoms with Gasteiger partial charge in [-0.1, -0.05) is 75.7 Å². The standard InChI is InChI=1S/C36H48N4O5Si.C31H44N2O4Si.C30H34N4O5/c1-22-12-13-26(28(18-22)44-16-17-46(9,10)11)30-27-19-23(2)39-14-15-40(35-37-20-25(42-7)21-38-35)31(32(27)39)24(3)29(30)33(34(41)43-8)45-36(4,5)6;1-19-11-12-22(24(17-19)36-15-16-38(8,9)10)26-23-18-20(2)33-14-13-32-27(28(23)33)21(3)25(26)29(30(34)35-7)37-31(4,5)6;1-16-8-9-20(22(35)12-16)24-21-13-17(2)33-10-11-34(29-31-14-19(38-7)15-32-29)25(26(21)33)18(3)23(24)27(28(36)37)39-30(4,5)6/h12-13,18-21,33H,14-17H2,1-11H3;11-12,17-18,29,32H,13-16H2,1-10H3;8-9,12-15,27,35H,10-11H2,1-7H3,(H,36,37)/t33-;29-;27-/m000/s1. The molecule has 123 heavy (non-hydrogen) atoms. The van der Waals surface area contributed by atoms with Gasteiger partial charge >= 0.3 is 17.9 Å². The summed E-state index contributed by atoms with van der Waals surface area (Å²) in [5, 5.41) is 28.2. The zero-order valence-electron chi connectivity index (χ0n) is 77.4. The van der Waals surface area contributed by atoms with Crippen molar-refractivity contribution in [3.8, 4) is 62.1 Å². The Morgan fingerprint density at radius 1 is 0.455 bits per heavy atom. The summed E-state index contributed by atoms with van der Waals surface area (Å²) in [5.41, 5.74) is 20.3. The fourth-order valence-corrected chi connectivity index (χ4v) is 18.4. The molecule has 0 saturated heterocycles. The smallest absolute Gasteiger partial charge is 0.339 e. The molecule has 11 aromatic rings. The van der Waals surface area contributed by atoms with Crippen molar-refractivity contribution in [2.45, 2.75) is 231 Å². The number of rotatable bonds is 24. The van der Waals surface area contributed by atoms with Crippen molar-refractivity contribution in [1.29, 1.82) is 0 Å². The highest BCUT2D eigenvalue weighted by molar-refractivity contribution is 6.76.